The highest BCUT2D eigenvalue weighted by Gasteiger charge is 2.49. The summed E-state index contributed by atoms with van der Waals surface area (Å²) < 4.78 is 0. The van der Waals surface area contributed by atoms with Gasteiger partial charge in [-0.25, -0.2) is 4.79 Å². The number of anilines is 1. The highest BCUT2D eigenvalue weighted by Crippen LogP contribution is 2.27. The SMILES string of the molecule is CC(=O)Nc1ccc(CC(=O)NN2C(=O)NC(C)(c3ccccc3)C2=O)cc1. The van der Waals surface area contributed by atoms with E-state index < -0.39 is 23.4 Å². The average molecular weight is 380 g/mol. The smallest absolute Gasteiger partial charge is 0.326 e. The number of nitrogens with zero attached hydrogens (tertiary/aromatic N) is 1. The lowest BCUT2D eigenvalue weighted by molar-refractivity contribution is -0.138. The molecule has 5 amide bonds. The maximum Gasteiger partial charge on any atom is 0.344 e. The molecule has 1 unspecified atom stereocenters. The number of hydrazine groups is 1. The highest BCUT2D eigenvalue weighted by molar-refractivity contribution is 6.08. The van der Waals surface area contributed by atoms with Gasteiger partial charge >= 0.3 is 6.03 Å². The van der Waals surface area contributed by atoms with Crippen molar-refractivity contribution in [3.05, 3.63) is 65.7 Å². The number of carbonyl (C=O) groups is 4. The Hall–Kier alpha value is -3.68. The lowest BCUT2D eigenvalue weighted by Crippen LogP contribution is -2.48. The van der Waals surface area contributed by atoms with E-state index in [4.69, 9.17) is 0 Å². The molecule has 1 aliphatic heterocycles. The molecule has 8 heteroatoms. The first kappa shape index (κ1) is 19.1. The van der Waals surface area contributed by atoms with Gasteiger partial charge in [-0.05, 0) is 30.2 Å². The van der Waals surface area contributed by atoms with Crippen LogP contribution in [0.4, 0.5) is 10.5 Å². The number of urea groups is 1. The Morgan fingerprint density at radius 3 is 2.29 bits per heavy atom. The van der Waals surface area contributed by atoms with Crippen molar-refractivity contribution < 1.29 is 19.2 Å². The number of carbonyl (C=O) groups excluding carboxylic acids is 4. The summed E-state index contributed by atoms with van der Waals surface area (Å²) in [5.74, 6) is -1.25. The van der Waals surface area contributed by atoms with Gasteiger partial charge in [0.1, 0.15) is 5.54 Å². The number of nitrogens with one attached hydrogen (secondary N) is 3. The maximum absolute atomic E-state index is 12.8. The number of hydrogen-bond donors (Lipinski definition) is 3. The molecule has 2 aromatic rings. The third-order valence-corrected chi connectivity index (χ3v) is 4.42. The third-order valence-electron chi connectivity index (χ3n) is 4.42. The van der Waals surface area contributed by atoms with E-state index >= 15 is 0 Å². The number of benzene rings is 2. The van der Waals surface area contributed by atoms with Crippen LogP contribution in [0.15, 0.2) is 54.6 Å². The molecule has 28 heavy (non-hydrogen) atoms. The van der Waals surface area contributed by atoms with Gasteiger partial charge in [0.05, 0.1) is 6.42 Å². The van der Waals surface area contributed by atoms with E-state index in [0.717, 1.165) is 0 Å². The molecule has 0 bridgehead atoms. The summed E-state index contributed by atoms with van der Waals surface area (Å²) in [6.45, 7) is 3.00. The molecule has 8 nitrogen and oxygen atoms in total. The normalized spacial score (nSPS) is 18.6. The predicted octanol–water partition coefficient (Wildman–Crippen LogP) is 1.69. The van der Waals surface area contributed by atoms with Gasteiger partial charge in [-0.1, -0.05) is 42.5 Å². The zero-order chi connectivity index (χ0) is 20.3. The Kier molecular flexibility index (Phi) is 5.12. The van der Waals surface area contributed by atoms with Crippen molar-refractivity contribution in [3.63, 3.8) is 0 Å². The first-order chi connectivity index (χ1) is 13.3. The van der Waals surface area contributed by atoms with Crippen molar-refractivity contribution in [2.45, 2.75) is 25.8 Å². The minimum Gasteiger partial charge on any atom is -0.326 e. The van der Waals surface area contributed by atoms with Crippen LogP contribution in [0.1, 0.15) is 25.0 Å². The molecular formula is C20H20N4O4. The second-order valence-corrected chi connectivity index (χ2v) is 6.65. The number of amides is 5. The zero-order valence-electron chi connectivity index (χ0n) is 15.5. The molecule has 3 rings (SSSR count). The monoisotopic (exact) mass is 380 g/mol. The van der Waals surface area contributed by atoms with Crippen LogP contribution >= 0.6 is 0 Å². The van der Waals surface area contributed by atoms with E-state index in [9.17, 15) is 19.2 Å². The summed E-state index contributed by atoms with van der Waals surface area (Å²) in [7, 11) is 0. The minimum atomic E-state index is -1.24. The van der Waals surface area contributed by atoms with Gasteiger partial charge in [0.25, 0.3) is 5.91 Å². The van der Waals surface area contributed by atoms with Crippen molar-refractivity contribution >= 4 is 29.4 Å². The summed E-state index contributed by atoms with van der Waals surface area (Å²) in [5.41, 5.74) is 3.03. The highest BCUT2D eigenvalue weighted by atomic mass is 16.2. The molecule has 1 atom stereocenters. The second kappa shape index (κ2) is 7.51. The Morgan fingerprint density at radius 1 is 1.04 bits per heavy atom. The van der Waals surface area contributed by atoms with Gasteiger partial charge in [-0.3, -0.25) is 19.8 Å². The van der Waals surface area contributed by atoms with Gasteiger partial charge in [-0.15, -0.1) is 0 Å². The predicted molar refractivity (Wildman–Crippen MR) is 102 cm³/mol. The van der Waals surface area contributed by atoms with Gasteiger partial charge in [0.15, 0.2) is 0 Å². The third kappa shape index (κ3) is 3.85. The number of imide groups is 1. The van der Waals surface area contributed by atoms with Gasteiger partial charge in [-0.2, -0.15) is 5.01 Å². The molecule has 0 spiro atoms. The van der Waals surface area contributed by atoms with Crippen LogP contribution in [0.5, 0.6) is 0 Å². The van der Waals surface area contributed by atoms with Gasteiger partial charge < -0.3 is 10.6 Å². The Morgan fingerprint density at radius 2 is 1.68 bits per heavy atom. The Balaban J connectivity index is 1.66. The van der Waals surface area contributed by atoms with E-state index in [0.29, 0.717) is 21.8 Å². The molecule has 0 aliphatic carbocycles. The molecule has 1 saturated heterocycles. The summed E-state index contributed by atoms with van der Waals surface area (Å²) >= 11 is 0. The largest absolute Gasteiger partial charge is 0.344 e. The van der Waals surface area contributed by atoms with Gasteiger partial charge in [0, 0.05) is 12.6 Å². The fourth-order valence-electron chi connectivity index (χ4n) is 2.97. The minimum absolute atomic E-state index is 0.0283. The fourth-order valence-corrected chi connectivity index (χ4v) is 2.97. The van der Waals surface area contributed by atoms with Crippen LogP contribution in [0.2, 0.25) is 0 Å². The molecule has 1 fully saturated rings. The second-order valence-electron chi connectivity index (χ2n) is 6.65. The average Bonchev–Trinajstić information content (AvgIpc) is 2.88. The summed E-state index contributed by atoms with van der Waals surface area (Å²) in [5, 5.41) is 5.97. The van der Waals surface area contributed by atoms with Crippen LogP contribution < -0.4 is 16.1 Å². The zero-order valence-corrected chi connectivity index (χ0v) is 15.5. The van der Waals surface area contributed by atoms with E-state index in [-0.39, 0.29) is 12.3 Å². The van der Waals surface area contributed by atoms with E-state index in [1.165, 1.54) is 6.92 Å². The van der Waals surface area contributed by atoms with Gasteiger partial charge in [0.2, 0.25) is 11.8 Å². The first-order valence-corrected chi connectivity index (χ1v) is 8.68. The number of rotatable bonds is 5. The fraction of sp³-hybridized carbons (Fsp3) is 0.200. The van der Waals surface area contributed by atoms with E-state index in [1.807, 2.05) is 6.07 Å². The molecule has 144 valence electrons. The molecule has 1 aliphatic rings. The van der Waals surface area contributed by atoms with Crippen molar-refractivity contribution in [3.8, 4) is 0 Å². The Labute approximate surface area is 161 Å². The van der Waals surface area contributed by atoms with Crippen molar-refractivity contribution in [2.24, 2.45) is 0 Å². The van der Waals surface area contributed by atoms with Crippen LogP contribution in [-0.4, -0.2) is 28.8 Å². The molecule has 3 N–H and O–H groups in total. The van der Waals surface area contributed by atoms with Crippen molar-refractivity contribution in [1.29, 1.82) is 0 Å². The van der Waals surface area contributed by atoms with E-state index in [2.05, 4.69) is 16.1 Å². The van der Waals surface area contributed by atoms with E-state index in [1.54, 1.807) is 55.5 Å². The topological polar surface area (TPSA) is 108 Å². The lowest BCUT2D eigenvalue weighted by atomic mass is 9.92. The van der Waals surface area contributed by atoms with Crippen LogP contribution in [-0.2, 0) is 26.3 Å². The standard InChI is InChI=1S/C20H20N4O4/c1-13(25)21-16-10-8-14(9-11-16)12-17(26)23-24-18(27)20(2,22-19(24)28)15-6-4-3-5-7-15/h3-11H,12H2,1-2H3,(H,21,25)(H,22,28)(H,23,26). The summed E-state index contributed by atoms with van der Waals surface area (Å²) in [4.78, 5) is 48.4. The van der Waals surface area contributed by atoms with Crippen LogP contribution in [0.25, 0.3) is 0 Å². The van der Waals surface area contributed by atoms with Crippen LogP contribution in [0, 0.1) is 0 Å². The first-order valence-electron chi connectivity index (χ1n) is 8.68. The number of hydrogen-bond acceptors (Lipinski definition) is 4. The molecular weight excluding hydrogens is 360 g/mol. The molecule has 0 saturated carbocycles. The quantitative estimate of drug-likeness (QED) is 0.686. The maximum atomic E-state index is 12.8. The molecule has 0 aromatic heterocycles. The molecule has 1 heterocycles. The van der Waals surface area contributed by atoms with Crippen molar-refractivity contribution in [2.75, 3.05) is 5.32 Å². The van der Waals surface area contributed by atoms with Crippen LogP contribution in [0.3, 0.4) is 0 Å². The molecule has 0 radical (unpaired) electrons. The summed E-state index contributed by atoms with van der Waals surface area (Å²) in [6.07, 6.45) is -0.0283. The Bertz CT molecular complexity index is 927. The van der Waals surface area contributed by atoms with Crippen molar-refractivity contribution in [1.82, 2.24) is 15.8 Å². The summed E-state index contributed by atoms with van der Waals surface area (Å²) in [6, 6.07) is 14.8. The lowest BCUT2D eigenvalue weighted by Gasteiger charge is -2.22. The molecule has 2 aromatic carbocycles.